The number of nitrogens with one attached hydrogen (secondary N) is 1. The normalized spacial score (nSPS) is 29.6. The van der Waals surface area contributed by atoms with Gasteiger partial charge in [-0.3, -0.25) is 4.79 Å². The molecule has 0 saturated heterocycles. The van der Waals surface area contributed by atoms with Gasteiger partial charge >= 0.3 is 0 Å². The number of aliphatic hydroxyl groups is 1. The van der Waals surface area contributed by atoms with Crippen molar-refractivity contribution < 1.29 is 9.90 Å². The molecule has 2 N–H and O–H groups in total. The molecular formula is C10H19NO2. The molecule has 76 valence electrons. The van der Waals surface area contributed by atoms with E-state index in [1.165, 1.54) is 0 Å². The number of carbonyl (C=O) groups excluding carboxylic acids is 1. The minimum Gasteiger partial charge on any atom is -0.383 e. The zero-order chi connectivity index (χ0) is 10.0. The van der Waals surface area contributed by atoms with Crippen molar-refractivity contribution >= 4 is 5.91 Å². The highest BCUT2D eigenvalue weighted by atomic mass is 16.3. The first-order chi connectivity index (χ1) is 6.00. The first-order valence-electron chi connectivity index (χ1n) is 4.99. The molecular weight excluding hydrogens is 166 g/mol. The van der Waals surface area contributed by atoms with E-state index in [0.717, 1.165) is 18.8 Å². The lowest BCUT2D eigenvalue weighted by Crippen LogP contribution is -2.48. The molecule has 0 unspecified atom stereocenters. The van der Waals surface area contributed by atoms with Crippen LogP contribution in [0.5, 0.6) is 0 Å². The summed E-state index contributed by atoms with van der Waals surface area (Å²) < 4.78 is 0. The van der Waals surface area contributed by atoms with Crippen molar-refractivity contribution in [3.63, 3.8) is 0 Å². The molecule has 13 heavy (non-hydrogen) atoms. The largest absolute Gasteiger partial charge is 0.383 e. The first kappa shape index (κ1) is 10.5. The van der Waals surface area contributed by atoms with Crippen LogP contribution < -0.4 is 5.32 Å². The van der Waals surface area contributed by atoms with Crippen LogP contribution in [-0.4, -0.2) is 23.2 Å². The van der Waals surface area contributed by atoms with Gasteiger partial charge in [-0.1, -0.05) is 20.8 Å². The van der Waals surface area contributed by atoms with Gasteiger partial charge in [0.05, 0.1) is 0 Å². The number of hydrogen-bond donors (Lipinski definition) is 2. The monoisotopic (exact) mass is 185 g/mol. The Labute approximate surface area is 79.5 Å². The number of aliphatic hydroxyl groups excluding tert-OH is 1. The number of rotatable bonds is 3. The Morgan fingerprint density at radius 1 is 1.46 bits per heavy atom. The Balaban J connectivity index is 2.25. The summed E-state index contributed by atoms with van der Waals surface area (Å²) in [6.45, 7) is 5.85. The maximum atomic E-state index is 11.3. The summed E-state index contributed by atoms with van der Waals surface area (Å²) in [6.07, 6.45) is 1.25. The molecule has 0 spiro atoms. The van der Waals surface area contributed by atoms with Crippen LogP contribution in [-0.2, 0) is 4.79 Å². The molecule has 0 aromatic heterocycles. The van der Waals surface area contributed by atoms with E-state index in [2.05, 4.69) is 12.2 Å². The molecule has 1 amide bonds. The summed E-state index contributed by atoms with van der Waals surface area (Å²) in [4.78, 5) is 11.3. The fourth-order valence-corrected chi connectivity index (χ4v) is 1.61. The lowest BCUT2D eigenvalue weighted by molar-refractivity contribution is -0.133. The molecule has 0 aromatic rings. The molecule has 1 rings (SSSR count). The standard InChI is InChI=1S/C10H19NO2/c1-6(2)9(12)10(13)11-8-4-7(3)5-8/h6-9,12H,4-5H2,1-3H3,(H,11,13)/t7?,8?,9-/m1/s1. The predicted molar refractivity (Wildman–Crippen MR) is 51.2 cm³/mol. The van der Waals surface area contributed by atoms with Gasteiger partial charge in [-0.15, -0.1) is 0 Å². The van der Waals surface area contributed by atoms with Crippen LogP contribution >= 0.6 is 0 Å². The number of hydrogen-bond acceptors (Lipinski definition) is 2. The van der Waals surface area contributed by atoms with Crippen LogP contribution in [0.2, 0.25) is 0 Å². The minimum atomic E-state index is -0.851. The van der Waals surface area contributed by atoms with Crippen molar-refractivity contribution in [1.29, 1.82) is 0 Å². The fraction of sp³-hybridized carbons (Fsp3) is 0.900. The molecule has 0 radical (unpaired) electrons. The summed E-state index contributed by atoms with van der Waals surface area (Å²) in [7, 11) is 0. The van der Waals surface area contributed by atoms with Crippen LogP contribution in [0.4, 0.5) is 0 Å². The molecule has 1 fully saturated rings. The van der Waals surface area contributed by atoms with Crippen molar-refractivity contribution in [3.8, 4) is 0 Å². The van der Waals surface area contributed by atoms with Gasteiger partial charge in [0.25, 0.3) is 0 Å². The average molecular weight is 185 g/mol. The Kier molecular flexibility index (Phi) is 3.31. The molecule has 0 bridgehead atoms. The first-order valence-corrected chi connectivity index (χ1v) is 4.99. The second kappa shape index (κ2) is 4.09. The maximum Gasteiger partial charge on any atom is 0.249 e. The summed E-state index contributed by atoms with van der Waals surface area (Å²) in [5.74, 6) is 0.505. The van der Waals surface area contributed by atoms with Crippen LogP contribution in [0, 0.1) is 11.8 Å². The molecule has 0 aromatic carbocycles. The van der Waals surface area contributed by atoms with Crippen molar-refractivity contribution in [3.05, 3.63) is 0 Å². The SMILES string of the molecule is CC1CC(NC(=O)[C@H](O)C(C)C)C1. The molecule has 1 atom stereocenters. The second-order valence-corrected chi connectivity index (χ2v) is 4.47. The van der Waals surface area contributed by atoms with Gasteiger partial charge in [-0.2, -0.15) is 0 Å². The van der Waals surface area contributed by atoms with Gasteiger partial charge in [0.1, 0.15) is 6.10 Å². The fourth-order valence-electron chi connectivity index (χ4n) is 1.61. The van der Waals surface area contributed by atoms with Crippen LogP contribution in [0.1, 0.15) is 33.6 Å². The third-order valence-electron chi connectivity index (χ3n) is 2.62. The molecule has 1 aliphatic carbocycles. The van der Waals surface area contributed by atoms with Crippen molar-refractivity contribution in [2.45, 2.75) is 45.8 Å². The summed E-state index contributed by atoms with van der Waals surface area (Å²) >= 11 is 0. The van der Waals surface area contributed by atoms with E-state index in [9.17, 15) is 9.90 Å². The highest BCUT2D eigenvalue weighted by Gasteiger charge is 2.29. The second-order valence-electron chi connectivity index (χ2n) is 4.47. The van der Waals surface area contributed by atoms with Crippen molar-refractivity contribution in [1.82, 2.24) is 5.32 Å². The molecule has 3 nitrogen and oxygen atoms in total. The topological polar surface area (TPSA) is 49.3 Å². The van der Waals surface area contributed by atoms with E-state index in [4.69, 9.17) is 0 Å². The van der Waals surface area contributed by atoms with Gasteiger partial charge in [0.15, 0.2) is 0 Å². The number of amides is 1. The van der Waals surface area contributed by atoms with Crippen molar-refractivity contribution in [2.24, 2.45) is 11.8 Å². The zero-order valence-electron chi connectivity index (χ0n) is 8.58. The molecule has 1 saturated carbocycles. The van der Waals surface area contributed by atoms with Gasteiger partial charge in [-0.05, 0) is 24.7 Å². The molecule has 3 heteroatoms. The van der Waals surface area contributed by atoms with Gasteiger partial charge in [0, 0.05) is 6.04 Å². The Morgan fingerprint density at radius 3 is 2.38 bits per heavy atom. The van der Waals surface area contributed by atoms with Crippen LogP contribution in [0.15, 0.2) is 0 Å². The van der Waals surface area contributed by atoms with Gasteiger partial charge in [-0.25, -0.2) is 0 Å². The van der Waals surface area contributed by atoms with Crippen LogP contribution in [0.25, 0.3) is 0 Å². The smallest absolute Gasteiger partial charge is 0.249 e. The molecule has 0 heterocycles. The third-order valence-corrected chi connectivity index (χ3v) is 2.62. The lowest BCUT2D eigenvalue weighted by Gasteiger charge is -2.34. The third kappa shape index (κ3) is 2.69. The number of carbonyl (C=O) groups is 1. The molecule has 1 aliphatic rings. The van der Waals surface area contributed by atoms with E-state index in [0.29, 0.717) is 6.04 Å². The summed E-state index contributed by atoms with van der Waals surface area (Å²) in [6, 6.07) is 0.302. The van der Waals surface area contributed by atoms with E-state index in [-0.39, 0.29) is 11.8 Å². The zero-order valence-corrected chi connectivity index (χ0v) is 8.58. The van der Waals surface area contributed by atoms with Gasteiger partial charge in [0.2, 0.25) is 5.91 Å². The summed E-state index contributed by atoms with van der Waals surface area (Å²) in [5.41, 5.74) is 0. The summed E-state index contributed by atoms with van der Waals surface area (Å²) in [5, 5.41) is 12.3. The minimum absolute atomic E-state index is 0.00231. The van der Waals surface area contributed by atoms with Crippen LogP contribution in [0.3, 0.4) is 0 Å². The Morgan fingerprint density at radius 2 is 2.00 bits per heavy atom. The van der Waals surface area contributed by atoms with Gasteiger partial charge < -0.3 is 10.4 Å². The predicted octanol–water partition coefficient (Wildman–Crippen LogP) is 0.918. The quantitative estimate of drug-likeness (QED) is 0.687. The Bertz CT molecular complexity index is 185. The van der Waals surface area contributed by atoms with E-state index in [1.54, 1.807) is 0 Å². The highest BCUT2D eigenvalue weighted by Crippen LogP contribution is 2.26. The highest BCUT2D eigenvalue weighted by molar-refractivity contribution is 5.81. The van der Waals surface area contributed by atoms with E-state index in [1.807, 2.05) is 13.8 Å². The average Bonchev–Trinajstić information content (AvgIpc) is 2.00. The Hall–Kier alpha value is -0.570. The van der Waals surface area contributed by atoms with Crippen molar-refractivity contribution in [2.75, 3.05) is 0 Å². The maximum absolute atomic E-state index is 11.3. The van der Waals surface area contributed by atoms with E-state index < -0.39 is 6.10 Å². The lowest BCUT2D eigenvalue weighted by atomic mass is 9.82. The van der Waals surface area contributed by atoms with E-state index >= 15 is 0 Å². The molecule has 0 aliphatic heterocycles.